The summed E-state index contributed by atoms with van der Waals surface area (Å²) in [6.07, 6.45) is 0.354. The van der Waals surface area contributed by atoms with Crippen LogP contribution in [0.15, 0.2) is 24.5 Å². The van der Waals surface area contributed by atoms with E-state index in [-0.39, 0.29) is 17.7 Å². The summed E-state index contributed by atoms with van der Waals surface area (Å²) in [5.41, 5.74) is 5.92. The third kappa shape index (κ3) is 4.21. The van der Waals surface area contributed by atoms with Crippen molar-refractivity contribution in [3.05, 3.63) is 47.0 Å². The van der Waals surface area contributed by atoms with E-state index in [4.69, 9.17) is 26.8 Å². The predicted octanol–water partition coefficient (Wildman–Crippen LogP) is 2.05. The number of nitrogens with two attached hydrogens (primary N) is 1. The van der Waals surface area contributed by atoms with Gasteiger partial charge in [-0.3, -0.25) is 4.57 Å². The lowest BCUT2D eigenvalue weighted by Crippen LogP contribution is -2.45. The average molecular weight is 470 g/mol. The highest BCUT2D eigenvalue weighted by atomic mass is 35.5. The van der Waals surface area contributed by atoms with E-state index < -0.39 is 47.7 Å². The number of carboxylic acid groups (broad SMARTS) is 1. The Morgan fingerprint density at radius 3 is 2.75 bits per heavy atom. The Morgan fingerprint density at radius 1 is 1.34 bits per heavy atom. The number of imidazole rings is 1. The molecular formula is C19H18ClF2N5O5. The lowest BCUT2D eigenvalue weighted by atomic mass is 10.0. The molecule has 1 aliphatic heterocycles. The van der Waals surface area contributed by atoms with E-state index in [0.29, 0.717) is 24.0 Å². The fraction of sp³-hybridized carbons (Fsp3) is 0.368. The molecule has 1 aromatic carbocycles. The van der Waals surface area contributed by atoms with Gasteiger partial charge in [-0.15, -0.1) is 0 Å². The van der Waals surface area contributed by atoms with E-state index >= 15 is 0 Å². The molecular weight excluding hydrogens is 452 g/mol. The molecule has 0 bridgehead atoms. The smallest absolute Gasteiger partial charge is 0.364 e. The number of benzene rings is 1. The van der Waals surface area contributed by atoms with E-state index in [9.17, 15) is 23.8 Å². The van der Waals surface area contributed by atoms with E-state index in [0.717, 1.165) is 18.2 Å². The number of halogens is 3. The molecule has 4 N–H and O–H groups in total. The van der Waals surface area contributed by atoms with Crippen LogP contribution in [0.25, 0.3) is 11.2 Å². The molecule has 1 fully saturated rings. The van der Waals surface area contributed by atoms with Crippen molar-refractivity contribution in [2.24, 2.45) is 0 Å². The number of hydrogen-bond acceptors (Lipinski definition) is 8. The van der Waals surface area contributed by atoms with Gasteiger partial charge in [-0.05, 0) is 36.6 Å². The molecule has 13 heteroatoms. The zero-order valence-corrected chi connectivity index (χ0v) is 17.2. The highest BCUT2D eigenvalue weighted by molar-refractivity contribution is 6.28. The molecule has 170 valence electrons. The highest BCUT2D eigenvalue weighted by Gasteiger charge is 2.41. The first kappa shape index (κ1) is 22.3. The Morgan fingerprint density at radius 2 is 2.06 bits per heavy atom. The van der Waals surface area contributed by atoms with Crippen molar-refractivity contribution in [3.8, 4) is 0 Å². The topological polar surface area (TPSA) is 146 Å². The quantitative estimate of drug-likeness (QED) is 0.349. The summed E-state index contributed by atoms with van der Waals surface area (Å²) in [6.45, 7) is -0.333. The van der Waals surface area contributed by atoms with Crippen molar-refractivity contribution in [2.75, 3.05) is 12.3 Å². The minimum atomic E-state index is -2.85. The van der Waals surface area contributed by atoms with Crippen LogP contribution in [0.1, 0.15) is 24.6 Å². The van der Waals surface area contributed by atoms with Gasteiger partial charge in [0.05, 0.1) is 19.0 Å². The second kappa shape index (κ2) is 8.54. The zero-order valence-electron chi connectivity index (χ0n) is 16.4. The second-order valence-electron chi connectivity index (χ2n) is 7.27. The van der Waals surface area contributed by atoms with Gasteiger partial charge in [-0.1, -0.05) is 6.07 Å². The Labute approximate surface area is 184 Å². The summed E-state index contributed by atoms with van der Waals surface area (Å²) in [6, 6.07) is 3.06. The molecule has 3 heterocycles. The largest absolute Gasteiger partial charge is 0.477 e. The van der Waals surface area contributed by atoms with Gasteiger partial charge in [0.15, 0.2) is 11.5 Å². The number of aliphatic hydroxyl groups is 1. The number of anilines is 1. The van der Waals surface area contributed by atoms with Crippen LogP contribution in [-0.2, 0) is 20.7 Å². The minimum Gasteiger partial charge on any atom is -0.477 e. The molecule has 2 aromatic heterocycles. The van der Waals surface area contributed by atoms with Crippen LogP contribution in [-0.4, -0.2) is 54.2 Å². The van der Waals surface area contributed by atoms with Crippen molar-refractivity contribution in [3.63, 3.8) is 0 Å². The summed E-state index contributed by atoms with van der Waals surface area (Å²) in [4.78, 5) is 23.7. The molecule has 1 aliphatic rings. The second-order valence-corrected chi connectivity index (χ2v) is 7.61. The number of aliphatic carboxylic acids is 1. The molecule has 0 radical (unpaired) electrons. The number of ether oxygens (including phenoxy) is 2. The van der Waals surface area contributed by atoms with Gasteiger partial charge < -0.3 is 25.4 Å². The summed E-state index contributed by atoms with van der Waals surface area (Å²) in [5.74, 6) is -6.49. The maximum Gasteiger partial charge on any atom is 0.364 e. The van der Waals surface area contributed by atoms with Crippen LogP contribution >= 0.6 is 11.6 Å². The van der Waals surface area contributed by atoms with Gasteiger partial charge >= 0.3 is 5.97 Å². The molecule has 0 aliphatic carbocycles. The number of fused-ring (bicyclic) bond motifs is 1. The van der Waals surface area contributed by atoms with Gasteiger partial charge in [0.2, 0.25) is 5.28 Å². The standard InChI is InChI=1S/C19H18ClF2N5O5/c20-18-25-15(23)14-16(26-18)27(8-24-14)13-5-4-9(32-13)7-31-19(30,17(28)29)6-10-11(21)2-1-3-12(10)22/h1-3,8-9,13,30H,4-7H2,(H,28,29)(H2,23,25,26)/t9-,13+,19?/m0/s1. The number of hydrogen-bond donors (Lipinski definition) is 3. The van der Waals surface area contributed by atoms with Crippen molar-refractivity contribution >= 4 is 34.6 Å². The molecule has 1 saturated heterocycles. The number of rotatable bonds is 7. The van der Waals surface area contributed by atoms with Crippen LogP contribution in [0.5, 0.6) is 0 Å². The summed E-state index contributed by atoms with van der Waals surface area (Å²) in [7, 11) is 0. The van der Waals surface area contributed by atoms with E-state index in [1.165, 1.54) is 6.33 Å². The molecule has 3 aromatic rings. The van der Waals surface area contributed by atoms with Gasteiger partial charge in [0, 0.05) is 12.0 Å². The summed E-state index contributed by atoms with van der Waals surface area (Å²) in [5, 5.41) is 19.8. The average Bonchev–Trinajstić information content (AvgIpc) is 3.36. The molecule has 0 spiro atoms. The third-order valence-corrected chi connectivity index (χ3v) is 5.31. The van der Waals surface area contributed by atoms with Crippen LogP contribution in [0.2, 0.25) is 5.28 Å². The third-order valence-electron chi connectivity index (χ3n) is 5.14. The Hall–Kier alpha value is -2.93. The fourth-order valence-corrected chi connectivity index (χ4v) is 3.67. The monoisotopic (exact) mass is 469 g/mol. The maximum atomic E-state index is 13.9. The van der Waals surface area contributed by atoms with Crippen molar-refractivity contribution in [1.82, 2.24) is 19.5 Å². The number of carbonyl (C=O) groups is 1. The first-order chi connectivity index (χ1) is 15.2. The van der Waals surface area contributed by atoms with Gasteiger partial charge in [0.1, 0.15) is 23.4 Å². The minimum absolute atomic E-state index is 0.0541. The Bertz CT molecular complexity index is 1160. The van der Waals surface area contributed by atoms with Crippen LogP contribution in [0, 0.1) is 11.6 Å². The lowest BCUT2D eigenvalue weighted by Gasteiger charge is -2.26. The fourth-order valence-electron chi connectivity index (χ4n) is 3.50. The van der Waals surface area contributed by atoms with Crippen LogP contribution in [0.3, 0.4) is 0 Å². The lowest BCUT2D eigenvalue weighted by molar-refractivity contribution is -0.231. The van der Waals surface area contributed by atoms with Gasteiger partial charge in [-0.2, -0.15) is 9.97 Å². The number of carboxylic acids is 1. The summed E-state index contributed by atoms with van der Waals surface area (Å²) < 4.78 is 40.5. The first-order valence-corrected chi connectivity index (χ1v) is 9.89. The first-order valence-electron chi connectivity index (χ1n) is 9.51. The molecule has 3 atom stereocenters. The Kier molecular flexibility index (Phi) is 5.95. The number of nitrogens with zero attached hydrogens (tertiary/aromatic N) is 4. The predicted molar refractivity (Wildman–Crippen MR) is 106 cm³/mol. The molecule has 32 heavy (non-hydrogen) atoms. The van der Waals surface area contributed by atoms with E-state index in [1.807, 2.05) is 0 Å². The molecule has 0 amide bonds. The zero-order chi connectivity index (χ0) is 23.0. The van der Waals surface area contributed by atoms with Gasteiger partial charge in [0.25, 0.3) is 5.79 Å². The molecule has 0 saturated carbocycles. The molecule has 10 nitrogen and oxygen atoms in total. The SMILES string of the molecule is Nc1nc(Cl)nc2c1ncn2[C@H]1CC[C@@H](COC(O)(Cc2c(F)cccc2F)C(=O)O)O1. The van der Waals surface area contributed by atoms with Crippen molar-refractivity contribution in [1.29, 1.82) is 0 Å². The van der Waals surface area contributed by atoms with E-state index in [2.05, 4.69) is 15.0 Å². The highest BCUT2D eigenvalue weighted by Crippen LogP contribution is 2.32. The Balaban J connectivity index is 1.45. The number of aromatic nitrogens is 4. The molecule has 1 unspecified atom stereocenters. The van der Waals surface area contributed by atoms with Gasteiger partial charge in [-0.25, -0.2) is 18.6 Å². The molecule has 4 rings (SSSR count). The van der Waals surface area contributed by atoms with E-state index in [1.54, 1.807) is 4.57 Å². The van der Waals surface area contributed by atoms with Crippen LogP contribution < -0.4 is 5.73 Å². The van der Waals surface area contributed by atoms with Crippen molar-refractivity contribution < 1.29 is 33.3 Å². The maximum absolute atomic E-state index is 13.9. The number of nitrogen functional groups attached to an aromatic ring is 1. The summed E-state index contributed by atoms with van der Waals surface area (Å²) >= 11 is 5.87. The normalized spacial score (nSPS) is 20.5. The van der Waals surface area contributed by atoms with Crippen molar-refractivity contribution in [2.45, 2.75) is 37.4 Å². The van der Waals surface area contributed by atoms with Crippen LogP contribution in [0.4, 0.5) is 14.6 Å².